The Balaban J connectivity index is 1.36. The summed E-state index contributed by atoms with van der Waals surface area (Å²) in [6, 6.07) is 20.8. The molecule has 1 unspecified atom stereocenters. The summed E-state index contributed by atoms with van der Waals surface area (Å²) < 4.78 is 45.1. The molecule has 0 spiro atoms. The van der Waals surface area contributed by atoms with Gasteiger partial charge in [0.2, 0.25) is 0 Å². The molecule has 2 aliphatic rings. The molecule has 3 aromatic rings. The van der Waals surface area contributed by atoms with Crippen LogP contribution in [0.3, 0.4) is 0 Å². The van der Waals surface area contributed by atoms with Crippen LogP contribution in [0.4, 0.5) is 24.5 Å². The number of anilines is 2. The molecule has 34 heavy (non-hydrogen) atoms. The van der Waals surface area contributed by atoms with Gasteiger partial charge < -0.3 is 19.9 Å². The van der Waals surface area contributed by atoms with Crippen LogP contribution in [0, 0.1) is 0 Å². The third-order valence-electron chi connectivity index (χ3n) is 6.49. The average molecular weight is 468 g/mol. The Morgan fingerprint density at radius 2 is 1.56 bits per heavy atom. The van der Waals surface area contributed by atoms with Crippen LogP contribution in [-0.4, -0.2) is 31.1 Å². The smallest absolute Gasteiger partial charge is 0.416 e. The summed E-state index contributed by atoms with van der Waals surface area (Å²) in [6.07, 6.45) is -0.658. The Labute approximate surface area is 197 Å². The summed E-state index contributed by atoms with van der Waals surface area (Å²) in [4.78, 5) is 4.89. The van der Waals surface area contributed by atoms with Gasteiger partial charge in [-0.25, -0.2) is 0 Å². The maximum absolute atomic E-state index is 13.1. The predicted octanol–water partition coefficient (Wildman–Crippen LogP) is 6.91. The van der Waals surface area contributed by atoms with Gasteiger partial charge >= 0.3 is 6.18 Å². The molecule has 1 N–H and O–H groups in total. The monoisotopic (exact) mass is 467 g/mol. The van der Waals surface area contributed by atoms with Crippen molar-refractivity contribution < 1.29 is 17.9 Å². The van der Waals surface area contributed by atoms with Crippen molar-refractivity contribution in [1.29, 1.82) is 0 Å². The summed E-state index contributed by atoms with van der Waals surface area (Å²) in [7, 11) is 0. The van der Waals surface area contributed by atoms with Crippen molar-refractivity contribution in [3.05, 3.63) is 83.9 Å². The molecule has 0 aliphatic carbocycles. The quantitative estimate of drug-likeness (QED) is 0.426. The summed E-state index contributed by atoms with van der Waals surface area (Å²) >= 11 is 0. The number of nitrogens with zero attached hydrogens (tertiary/aromatic N) is 2. The number of fused-ring (bicyclic) bond motifs is 1. The number of alkyl halides is 3. The first-order valence-electron chi connectivity index (χ1n) is 11.8. The molecule has 3 aromatic carbocycles. The Morgan fingerprint density at radius 3 is 2.35 bits per heavy atom. The van der Waals surface area contributed by atoms with Crippen molar-refractivity contribution in [1.82, 2.24) is 4.90 Å². The maximum atomic E-state index is 13.1. The number of benzene rings is 3. The van der Waals surface area contributed by atoms with Gasteiger partial charge in [-0.2, -0.15) is 13.2 Å². The lowest BCUT2D eigenvalue weighted by Gasteiger charge is -2.32. The third kappa shape index (κ3) is 4.99. The van der Waals surface area contributed by atoms with E-state index in [0.29, 0.717) is 5.75 Å². The van der Waals surface area contributed by atoms with Crippen molar-refractivity contribution in [2.75, 3.05) is 36.4 Å². The molecule has 178 valence electrons. The average Bonchev–Trinajstić information content (AvgIpc) is 3.22. The van der Waals surface area contributed by atoms with Crippen LogP contribution in [-0.2, 0) is 6.18 Å². The predicted molar refractivity (Wildman–Crippen MR) is 128 cm³/mol. The van der Waals surface area contributed by atoms with Gasteiger partial charge in [0.1, 0.15) is 17.7 Å². The van der Waals surface area contributed by atoms with Gasteiger partial charge in [-0.1, -0.05) is 36.8 Å². The van der Waals surface area contributed by atoms with E-state index in [-0.39, 0.29) is 11.9 Å². The second-order valence-corrected chi connectivity index (χ2v) is 8.86. The minimum atomic E-state index is -4.41. The van der Waals surface area contributed by atoms with Crippen LogP contribution in [0.5, 0.6) is 11.5 Å². The van der Waals surface area contributed by atoms with E-state index >= 15 is 0 Å². The second-order valence-electron chi connectivity index (χ2n) is 8.86. The fourth-order valence-electron chi connectivity index (χ4n) is 4.78. The van der Waals surface area contributed by atoms with E-state index < -0.39 is 11.7 Å². The van der Waals surface area contributed by atoms with E-state index in [4.69, 9.17) is 4.74 Å². The number of piperidine rings is 1. The Morgan fingerprint density at radius 1 is 0.824 bits per heavy atom. The number of ether oxygens (including phenoxy) is 1. The molecule has 1 atom stereocenters. The van der Waals surface area contributed by atoms with E-state index in [1.807, 2.05) is 30.3 Å². The number of likely N-dealkylation sites (tertiary alicyclic amines) is 1. The minimum absolute atomic E-state index is 0.0766. The Kier molecular flexibility index (Phi) is 6.37. The molecule has 0 amide bonds. The zero-order chi connectivity index (χ0) is 23.5. The largest absolute Gasteiger partial charge is 0.457 e. The van der Waals surface area contributed by atoms with E-state index in [0.717, 1.165) is 55.2 Å². The van der Waals surface area contributed by atoms with Crippen molar-refractivity contribution in [3.8, 4) is 11.5 Å². The van der Waals surface area contributed by atoms with Crippen LogP contribution in [0.25, 0.3) is 0 Å². The number of rotatable bonds is 6. The van der Waals surface area contributed by atoms with Crippen molar-refractivity contribution in [3.63, 3.8) is 0 Å². The van der Waals surface area contributed by atoms with Crippen LogP contribution in [0.15, 0.2) is 72.8 Å². The first kappa shape index (κ1) is 22.6. The first-order valence-corrected chi connectivity index (χ1v) is 11.8. The summed E-state index contributed by atoms with van der Waals surface area (Å²) in [6.45, 7) is 4.17. The van der Waals surface area contributed by atoms with Crippen LogP contribution in [0.1, 0.15) is 36.6 Å². The van der Waals surface area contributed by atoms with Crippen molar-refractivity contribution >= 4 is 11.4 Å². The van der Waals surface area contributed by atoms with E-state index in [9.17, 15) is 13.2 Å². The molecule has 1 fully saturated rings. The lowest BCUT2D eigenvalue weighted by molar-refractivity contribution is -0.137. The lowest BCUT2D eigenvalue weighted by atomic mass is 10.1. The standard InChI is InChI=1S/C27H28F3N3O/c28-27(29,30)21-9-7-11-23(19-21)34-22-10-6-8-20(18-22)26-31-24-12-2-3-13-25(24)33(26)17-16-32-14-4-1-5-15-32/h2-3,6-13,18-19,26,31H,1,4-5,14-17H2. The zero-order valence-electron chi connectivity index (χ0n) is 18.9. The second kappa shape index (κ2) is 9.58. The van der Waals surface area contributed by atoms with E-state index in [1.165, 1.54) is 31.4 Å². The van der Waals surface area contributed by atoms with Gasteiger partial charge in [0.25, 0.3) is 0 Å². The van der Waals surface area contributed by atoms with Gasteiger partial charge in [-0.15, -0.1) is 0 Å². The summed E-state index contributed by atoms with van der Waals surface area (Å²) in [5.41, 5.74) is 2.52. The van der Waals surface area contributed by atoms with Crippen molar-refractivity contribution in [2.24, 2.45) is 0 Å². The van der Waals surface area contributed by atoms with Crippen LogP contribution in [0.2, 0.25) is 0 Å². The van der Waals surface area contributed by atoms with Gasteiger partial charge in [-0.3, -0.25) is 0 Å². The van der Waals surface area contributed by atoms with Crippen LogP contribution >= 0.6 is 0 Å². The highest BCUT2D eigenvalue weighted by Gasteiger charge is 2.31. The van der Waals surface area contributed by atoms with Crippen molar-refractivity contribution in [2.45, 2.75) is 31.6 Å². The maximum Gasteiger partial charge on any atom is 0.416 e. The number of para-hydroxylation sites is 2. The molecule has 2 heterocycles. The molecule has 0 saturated carbocycles. The number of nitrogens with one attached hydrogen (secondary N) is 1. The molecule has 0 radical (unpaired) electrons. The molecule has 0 aromatic heterocycles. The van der Waals surface area contributed by atoms with E-state index in [2.05, 4.69) is 27.2 Å². The number of hydrogen-bond acceptors (Lipinski definition) is 4. The molecule has 2 aliphatic heterocycles. The summed E-state index contributed by atoms with van der Waals surface area (Å²) in [5.74, 6) is 0.669. The Bertz CT molecular complexity index is 1130. The van der Waals surface area contributed by atoms with Gasteiger partial charge in [0, 0.05) is 13.1 Å². The fraction of sp³-hybridized carbons (Fsp3) is 0.333. The van der Waals surface area contributed by atoms with Gasteiger partial charge in [0.15, 0.2) is 0 Å². The third-order valence-corrected chi connectivity index (χ3v) is 6.49. The minimum Gasteiger partial charge on any atom is -0.457 e. The highest BCUT2D eigenvalue weighted by atomic mass is 19.4. The first-order chi connectivity index (χ1) is 16.5. The SMILES string of the molecule is FC(F)(F)c1cccc(Oc2cccc(C3Nc4ccccc4N3CCN3CCCCC3)c2)c1. The topological polar surface area (TPSA) is 27.7 Å². The number of hydrogen-bond donors (Lipinski definition) is 1. The lowest BCUT2D eigenvalue weighted by Crippen LogP contribution is -2.39. The van der Waals surface area contributed by atoms with Gasteiger partial charge in [0.05, 0.1) is 16.9 Å². The molecule has 0 bridgehead atoms. The van der Waals surface area contributed by atoms with Crippen LogP contribution < -0.4 is 15.0 Å². The van der Waals surface area contributed by atoms with E-state index in [1.54, 1.807) is 6.07 Å². The normalized spacial score (nSPS) is 18.4. The fourth-order valence-corrected chi connectivity index (χ4v) is 4.78. The summed E-state index contributed by atoms with van der Waals surface area (Å²) in [5, 5.41) is 3.61. The molecular weight excluding hydrogens is 439 g/mol. The molecule has 5 rings (SSSR count). The molecule has 4 nitrogen and oxygen atoms in total. The Hall–Kier alpha value is -3.19. The van der Waals surface area contributed by atoms with Gasteiger partial charge in [-0.05, 0) is 74.0 Å². The highest BCUT2D eigenvalue weighted by Crippen LogP contribution is 2.41. The zero-order valence-corrected chi connectivity index (χ0v) is 18.9. The molecular formula is C27H28F3N3O. The molecule has 7 heteroatoms. The molecule has 1 saturated heterocycles. The number of halogens is 3. The highest BCUT2D eigenvalue weighted by molar-refractivity contribution is 5.76.